The van der Waals surface area contributed by atoms with Gasteiger partial charge in [0.15, 0.2) is 0 Å². The van der Waals surface area contributed by atoms with E-state index in [9.17, 15) is 9.18 Å². The summed E-state index contributed by atoms with van der Waals surface area (Å²) >= 11 is 12.0. The summed E-state index contributed by atoms with van der Waals surface area (Å²) < 4.78 is 13.3. The number of rotatable bonds is 5. The third-order valence-corrected chi connectivity index (χ3v) is 4.89. The van der Waals surface area contributed by atoms with Crippen LogP contribution in [0, 0.1) is 5.82 Å². The Balaban J connectivity index is 1.46. The van der Waals surface area contributed by atoms with Crippen molar-refractivity contribution in [3.05, 3.63) is 63.9 Å². The molecular formula is C19H20Cl2FN3O. The molecule has 1 aliphatic rings. The van der Waals surface area contributed by atoms with Gasteiger partial charge in [-0.3, -0.25) is 14.6 Å². The van der Waals surface area contributed by atoms with Crippen molar-refractivity contribution in [2.24, 2.45) is 0 Å². The van der Waals surface area contributed by atoms with Crippen LogP contribution in [-0.2, 0) is 11.3 Å². The molecule has 0 unspecified atom stereocenters. The number of halogens is 3. The van der Waals surface area contributed by atoms with Gasteiger partial charge in [-0.2, -0.15) is 0 Å². The average molecular weight is 396 g/mol. The predicted molar refractivity (Wildman–Crippen MR) is 103 cm³/mol. The Kier molecular flexibility index (Phi) is 6.48. The Labute approximate surface area is 162 Å². The molecule has 0 saturated carbocycles. The normalized spacial score (nSPS) is 15.8. The maximum Gasteiger partial charge on any atom is 0.238 e. The van der Waals surface area contributed by atoms with Crippen LogP contribution in [0.4, 0.5) is 10.1 Å². The summed E-state index contributed by atoms with van der Waals surface area (Å²) in [6.45, 7) is 4.26. The molecule has 138 valence electrons. The summed E-state index contributed by atoms with van der Waals surface area (Å²) in [6, 6.07) is 11.6. The third-order valence-electron chi connectivity index (χ3n) is 4.33. The number of carbonyl (C=O) groups excluding carboxylic acids is 1. The predicted octanol–water partition coefficient (Wildman–Crippen LogP) is 3.89. The molecule has 0 aromatic heterocycles. The zero-order valence-corrected chi connectivity index (χ0v) is 15.7. The first kappa shape index (κ1) is 19.1. The van der Waals surface area contributed by atoms with Crippen LogP contribution >= 0.6 is 23.2 Å². The highest BCUT2D eigenvalue weighted by atomic mass is 35.5. The number of carbonyl (C=O) groups is 1. The Morgan fingerprint density at radius 1 is 1.04 bits per heavy atom. The molecule has 0 spiro atoms. The van der Waals surface area contributed by atoms with Gasteiger partial charge < -0.3 is 5.32 Å². The summed E-state index contributed by atoms with van der Waals surface area (Å²) in [5.74, 6) is -0.328. The highest BCUT2D eigenvalue weighted by Gasteiger charge is 2.19. The average Bonchev–Trinajstić information content (AvgIpc) is 2.60. The van der Waals surface area contributed by atoms with Crippen LogP contribution in [0.1, 0.15) is 5.56 Å². The lowest BCUT2D eigenvalue weighted by Crippen LogP contribution is -2.48. The highest BCUT2D eigenvalue weighted by molar-refractivity contribution is 6.35. The van der Waals surface area contributed by atoms with Gasteiger partial charge in [-0.1, -0.05) is 35.3 Å². The van der Waals surface area contributed by atoms with Gasteiger partial charge in [0.1, 0.15) is 5.82 Å². The van der Waals surface area contributed by atoms with Crippen molar-refractivity contribution in [3.8, 4) is 0 Å². The smallest absolute Gasteiger partial charge is 0.238 e. The van der Waals surface area contributed by atoms with E-state index < -0.39 is 0 Å². The van der Waals surface area contributed by atoms with Crippen LogP contribution < -0.4 is 5.32 Å². The summed E-state index contributed by atoms with van der Waals surface area (Å²) in [5.41, 5.74) is 1.49. The molecule has 0 aliphatic carbocycles. The minimum absolute atomic E-state index is 0.118. The number of nitrogens with one attached hydrogen (secondary N) is 1. The van der Waals surface area contributed by atoms with E-state index in [1.54, 1.807) is 30.3 Å². The zero-order valence-electron chi connectivity index (χ0n) is 14.2. The second-order valence-electron chi connectivity index (χ2n) is 6.35. The van der Waals surface area contributed by atoms with Crippen LogP contribution in [0.3, 0.4) is 0 Å². The van der Waals surface area contributed by atoms with E-state index in [0.29, 0.717) is 22.3 Å². The molecule has 3 rings (SSSR count). The van der Waals surface area contributed by atoms with Gasteiger partial charge in [0.05, 0.1) is 17.3 Å². The second-order valence-corrected chi connectivity index (χ2v) is 7.20. The molecule has 1 aliphatic heterocycles. The monoisotopic (exact) mass is 395 g/mol. The number of anilines is 1. The van der Waals surface area contributed by atoms with E-state index in [0.717, 1.165) is 38.3 Å². The molecule has 1 N–H and O–H groups in total. The summed E-state index contributed by atoms with van der Waals surface area (Å²) in [5, 5.41) is 3.79. The van der Waals surface area contributed by atoms with Gasteiger partial charge in [-0.05, 0) is 35.9 Å². The molecule has 1 amide bonds. The number of benzene rings is 2. The summed E-state index contributed by atoms with van der Waals surface area (Å²) in [6.07, 6.45) is 0. The van der Waals surface area contributed by atoms with Crippen molar-refractivity contribution in [2.75, 3.05) is 38.0 Å². The fourth-order valence-electron chi connectivity index (χ4n) is 2.99. The minimum atomic E-state index is -0.211. The summed E-state index contributed by atoms with van der Waals surface area (Å²) in [7, 11) is 0. The lowest BCUT2D eigenvalue weighted by Gasteiger charge is -2.34. The molecule has 2 aromatic rings. The lowest BCUT2D eigenvalue weighted by atomic mass is 10.2. The topological polar surface area (TPSA) is 35.6 Å². The standard InChI is InChI=1S/C19H20Cl2FN3O/c20-15-4-5-17(21)18(11-15)23-19(26)13-25-8-6-24(7-9-25)12-14-2-1-3-16(22)10-14/h1-5,10-11H,6-9,12-13H2,(H,23,26). The van der Waals surface area contributed by atoms with Gasteiger partial charge in [0, 0.05) is 37.7 Å². The van der Waals surface area contributed by atoms with E-state index in [2.05, 4.69) is 15.1 Å². The van der Waals surface area contributed by atoms with E-state index in [1.807, 2.05) is 6.07 Å². The van der Waals surface area contributed by atoms with Crippen LogP contribution in [0.5, 0.6) is 0 Å². The first-order valence-corrected chi connectivity index (χ1v) is 9.19. The van der Waals surface area contributed by atoms with Crippen molar-refractivity contribution >= 4 is 34.8 Å². The Hall–Kier alpha value is -1.66. The molecule has 1 saturated heterocycles. The Morgan fingerprint density at radius 2 is 1.77 bits per heavy atom. The third kappa shape index (κ3) is 5.42. The second kappa shape index (κ2) is 8.82. The molecule has 1 heterocycles. The van der Waals surface area contributed by atoms with E-state index in [-0.39, 0.29) is 11.7 Å². The molecule has 0 bridgehead atoms. The molecular weight excluding hydrogens is 376 g/mol. The zero-order chi connectivity index (χ0) is 18.5. The van der Waals surface area contributed by atoms with E-state index >= 15 is 0 Å². The minimum Gasteiger partial charge on any atom is -0.324 e. The number of hydrogen-bond donors (Lipinski definition) is 1. The first-order chi connectivity index (χ1) is 12.5. The number of nitrogens with zero attached hydrogens (tertiary/aromatic N) is 2. The molecule has 4 nitrogen and oxygen atoms in total. The van der Waals surface area contributed by atoms with Crippen LogP contribution in [-0.4, -0.2) is 48.4 Å². The van der Waals surface area contributed by atoms with Gasteiger partial charge in [-0.15, -0.1) is 0 Å². The van der Waals surface area contributed by atoms with Crippen molar-refractivity contribution < 1.29 is 9.18 Å². The summed E-state index contributed by atoms with van der Waals surface area (Å²) in [4.78, 5) is 16.6. The number of amides is 1. The maximum atomic E-state index is 13.3. The fourth-order valence-corrected chi connectivity index (χ4v) is 3.32. The molecule has 0 radical (unpaired) electrons. The molecule has 0 atom stereocenters. The quantitative estimate of drug-likeness (QED) is 0.833. The lowest BCUT2D eigenvalue weighted by molar-refractivity contribution is -0.117. The highest BCUT2D eigenvalue weighted by Crippen LogP contribution is 2.25. The molecule has 26 heavy (non-hydrogen) atoms. The van der Waals surface area contributed by atoms with Gasteiger partial charge >= 0.3 is 0 Å². The molecule has 7 heteroatoms. The SMILES string of the molecule is O=C(CN1CCN(Cc2cccc(F)c2)CC1)Nc1cc(Cl)ccc1Cl. The maximum absolute atomic E-state index is 13.3. The molecule has 2 aromatic carbocycles. The molecule has 1 fully saturated rings. The van der Waals surface area contributed by atoms with E-state index in [1.165, 1.54) is 6.07 Å². The van der Waals surface area contributed by atoms with Crippen LogP contribution in [0.25, 0.3) is 0 Å². The number of hydrogen-bond acceptors (Lipinski definition) is 3. The van der Waals surface area contributed by atoms with Crippen molar-refractivity contribution in [2.45, 2.75) is 6.54 Å². The first-order valence-electron chi connectivity index (χ1n) is 8.43. The fraction of sp³-hybridized carbons (Fsp3) is 0.316. The van der Waals surface area contributed by atoms with Crippen LogP contribution in [0.2, 0.25) is 10.0 Å². The van der Waals surface area contributed by atoms with Crippen molar-refractivity contribution in [3.63, 3.8) is 0 Å². The Morgan fingerprint density at radius 3 is 2.50 bits per heavy atom. The van der Waals surface area contributed by atoms with Gasteiger partial charge in [0.25, 0.3) is 0 Å². The van der Waals surface area contributed by atoms with Gasteiger partial charge in [0.2, 0.25) is 5.91 Å². The largest absolute Gasteiger partial charge is 0.324 e. The van der Waals surface area contributed by atoms with Crippen molar-refractivity contribution in [1.82, 2.24) is 9.80 Å². The van der Waals surface area contributed by atoms with Crippen LogP contribution in [0.15, 0.2) is 42.5 Å². The van der Waals surface area contributed by atoms with E-state index in [4.69, 9.17) is 23.2 Å². The van der Waals surface area contributed by atoms with Crippen molar-refractivity contribution in [1.29, 1.82) is 0 Å². The Bertz CT molecular complexity index is 779. The number of piperazine rings is 1. The van der Waals surface area contributed by atoms with Gasteiger partial charge in [-0.25, -0.2) is 4.39 Å².